The van der Waals surface area contributed by atoms with Gasteiger partial charge in [0, 0.05) is 25.1 Å². The number of nitrogens with one attached hydrogen (secondary N) is 1. The summed E-state index contributed by atoms with van der Waals surface area (Å²) in [7, 11) is 0. The quantitative estimate of drug-likeness (QED) is 0.331. The molecule has 0 amide bonds. The van der Waals surface area contributed by atoms with Crippen molar-refractivity contribution < 1.29 is 13.9 Å². The van der Waals surface area contributed by atoms with Crippen molar-refractivity contribution in [1.29, 1.82) is 0 Å². The van der Waals surface area contributed by atoms with Crippen LogP contribution < -0.4 is 5.32 Å². The normalized spacial score (nSPS) is 13.3. The molecule has 0 radical (unpaired) electrons. The minimum atomic E-state index is -0.353. The Morgan fingerprint density at radius 2 is 1.86 bits per heavy atom. The van der Waals surface area contributed by atoms with Gasteiger partial charge in [0.2, 0.25) is 5.89 Å². The highest BCUT2D eigenvalue weighted by Gasteiger charge is 2.27. The molecule has 4 heterocycles. The third kappa shape index (κ3) is 4.30. The molecule has 1 aliphatic rings. The number of aryl methyl sites for hydroxylation is 2. The van der Waals surface area contributed by atoms with E-state index in [1.54, 1.807) is 34.5 Å². The predicted molar refractivity (Wildman–Crippen MR) is 132 cm³/mol. The lowest BCUT2D eigenvalue weighted by Crippen LogP contribution is -2.08. The van der Waals surface area contributed by atoms with Crippen LogP contribution in [0.4, 0.5) is 16.0 Å². The van der Waals surface area contributed by atoms with Gasteiger partial charge in [0.25, 0.3) is 5.89 Å². The van der Waals surface area contributed by atoms with E-state index in [0.29, 0.717) is 53.0 Å². The average Bonchev–Trinajstić information content (AvgIpc) is 3.42. The molecular formula is C25H24FN9O2. The molecule has 0 atom stereocenters. The van der Waals surface area contributed by atoms with Gasteiger partial charge in [-0.2, -0.15) is 10.2 Å². The van der Waals surface area contributed by atoms with Crippen LogP contribution in [-0.4, -0.2) is 44.8 Å². The minimum Gasteiger partial charge on any atom is -0.503 e. The van der Waals surface area contributed by atoms with Crippen LogP contribution in [0.5, 0.6) is 5.75 Å². The van der Waals surface area contributed by atoms with Crippen LogP contribution in [0.1, 0.15) is 30.1 Å². The standard InChI is InChI=1S/C25H24FN9O2/c1-13-21(25-31-30-15(3)37-25)14(2)35(32-13)20-10-19(27-12-28-20)29-24-23(36)22(17-6-8-18(26)9-7-17)33-34(24)11-16-4-5-16/h6-10,12,16,36H,4-5,11H2,1-3H3,(H,27,28,29). The van der Waals surface area contributed by atoms with Gasteiger partial charge in [-0.1, -0.05) is 0 Å². The molecule has 0 bridgehead atoms. The maximum Gasteiger partial charge on any atom is 0.251 e. The fourth-order valence-corrected chi connectivity index (χ4v) is 4.28. The van der Waals surface area contributed by atoms with Crippen molar-refractivity contribution in [2.75, 3.05) is 5.32 Å². The predicted octanol–water partition coefficient (Wildman–Crippen LogP) is 4.50. The van der Waals surface area contributed by atoms with Gasteiger partial charge in [-0.15, -0.1) is 10.2 Å². The molecule has 0 aliphatic heterocycles. The number of aromatic hydroxyl groups is 1. The lowest BCUT2D eigenvalue weighted by Gasteiger charge is -2.10. The monoisotopic (exact) mass is 501 g/mol. The summed E-state index contributed by atoms with van der Waals surface area (Å²) in [5.74, 6) is 2.36. The summed E-state index contributed by atoms with van der Waals surface area (Å²) in [5.41, 5.74) is 3.24. The first-order chi connectivity index (χ1) is 17.9. The molecular weight excluding hydrogens is 477 g/mol. The number of anilines is 2. The van der Waals surface area contributed by atoms with E-state index < -0.39 is 0 Å². The van der Waals surface area contributed by atoms with E-state index in [2.05, 4.69) is 35.7 Å². The average molecular weight is 502 g/mol. The van der Waals surface area contributed by atoms with Crippen molar-refractivity contribution in [3.8, 4) is 34.3 Å². The van der Waals surface area contributed by atoms with Gasteiger partial charge in [0.05, 0.1) is 17.0 Å². The summed E-state index contributed by atoms with van der Waals surface area (Å²) in [6.07, 6.45) is 3.65. The molecule has 1 aromatic carbocycles. The topological polar surface area (TPSA) is 133 Å². The zero-order chi connectivity index (χ0) is 25.7. The van der Waals surface area contributed by atoms with Crippen molar-refractivity contribution in [3.05, 3.63) is 59.8 Å². The van der Waals surface area contributed by atoms with Crippen LogP contribution >= 0.6 is 0 Å². The molecule has 6 rings (SSSR count). The highest BCUT2D eigenvalue weighted by atomic mass is 19.1. The smallest absolute Gasteiger partial charge is 0.251 e. The van der Waals surface area contributed by atoms with Crippen molar-refractivity contribution in [3.63, 3.8) is 0 Å². The van der Waals surface area contributed by atoms with Crippen molar-refractivity contribution >= 4 is 11.6 Å². The molecule has 12 heteroatoms. The first-order valence-electron chi connectivity index (χ1n) is 11.9. The Morgan fingerprint density at radius 3 is 2.57 bits per heavy atom. The van der Waals surface area contributed by atoms with E-state index in [4.69, 9.17) is 4.42 Å². The Kier molecular flexibility index (Phi) is 5.43. The van der Waals surface area contributed by atoms with Crippen molar-refractivity contribution in [2.24, 2.45) is 5.92 Å². The second-order valence-corrected chi connectivity index (χ2v) is 9.15. The van der Waals surface area contributed by atoms with E-state index in [-0.39, 0.29) is 11.6 Å². The molecule has 5 aromatic rings. The van der Waals surface area contributed by atoms with Crippen LogP contribution in [0.25, 0.3) is 28.5 Å². The molecule has 0 unspecified atom stereocenters. The summed E-state index contributed by atoms with van der Waals surface area (Å²) < 4.78 is 22.5. The van der Waals surface area contributed by atoms with E-state index in [1.807, 2.05) is 13.8 Å². The Labute approximate surface area is 211 Å². The molecule has 1 fully saturated rings. The van der Waals surface area contributed by atoms with Crippen LogP contribution in [0.3, 0.4) is 0 Å². The van der Waals surface area contributed by atoms with E-state index in [0.717, 1.165) is 29.8 Å². The number of nitrogens with zero attached hydrogens (tertiary/aromatic N) is 8. The molecule has 188 valence electrons. The fraction of sp³-hybridized carbons (Fsp3) is 0.280. The number of hydrogen-bond acceptors (Lipinski definition) is 9. The maximum atomic E-state index is 13.5. The van der Waals surface area contributed by atoms with E-state index in [9.17, 15) is 9.50 Å². The van der Waals surface area contributed by atoms with Gasteiger partial charge in [-0.05, 0) is 56.9 Å². The lowest BCUT2D eigenvalue weighted by atomic mass is 10.1. The van der Waals surface area contributed by atoms with Gasteiger partial charge in [-0.3, -0.25) is 0 Å². The summed E-state index contributed by atoms with van der Waals surface area (Å²) in [4.78, 5) is 8.74. The first-order valence-corrected chi connectivity index (χ1v) is 11.9. The third-order valence-corrected chi connectivity index (χ3v) is 6.32. The molecule has 37 heavy (non-hydrogen) atoms. The number of rotatable bonds is 7. The van der Waals surface area contributed by atoms with Crippen LogP contribution in [0.15, 0.2) is 41.1 Å². The van der Waals surface area contributed by atoms with Gasteiger partial charge < -0.3 is 14.8 Å². The second-order valence-electron chi connectivity index (χ2n) is 9.15. The van der Waals surface area contributed by atoms with Gasteiger partial charge in [-0.25, -0.2) is 23.7 Å². The molecule has 1 aliphatic carbocycles. The first kappa shape index (κ1) is 22.8. The summed E-state index contributed by atoms with van der Waals surface area (Å²) >= 11 is 0. The third-order valence-electron chi connectivity index (χ3n) is 6.32. The molecule has 1 saturated carbocycles. The molecule has 0 saturated heterocycles. The summed E-state index contributed by atoms with van der Waals surface area (Å²) in [5, 5.41) is 31.6. The van der Waals surface area contributed by atoms with Gasteiger partial charge >= 0.3 is 0 Å². The summed E-state index contributed by atoms with van der Waals surface area (Å²) in [6.45, 7) is 6.15. The number of hydrogen-bond donors (Lipinski definition) is 2. The molecule has 2 N–H and O–H groups in total. The van der Waals surface area contributed by atoms with E-state index >= 15 is 0 Å². The number of halogens is 1. The van der Waals surface area contributed by atoms with Crippen molar-refractivity contribution in [2.45, 2.75) is 40.2 Å². The SMILES string of the molecule is Cc1nnc(-c2c(C)nn(-c3cc(Nc4c(O)c(-c5ccc(F)cc5)nn4CC4CC4)ncn3)c2C)o1. The van der Waals surface area contributed by atoms with E-state index in [1.165, 1.54) is 18.5 Å². The van der Waals surface area contributed by atoms with Crippen molar-refractivity contribution in [1.82, 2.24) is 39.7 Å². The highest BCUT2D eigenvalue weighted by molar-refractivity contribution is 5.75. The minimum absolute atomic E-state index is 0.0346. The Hall–Kier alpha value is -4.61. The highest BCUT2D eigenvalue weighted by Crippen LogP contribution is 2.39. The molecule has 0 spiro atoms. The number of benzene rings is 1. The second kappa shape index (κ2) is 8.80. The zero-order valence-electron chi connectivity index (χ0n) is 20.5. The summed E-state index contributed by atoms with van der Waals surface area (Å²) in [6, 6.07) is 7.61. The van der Waals surface area contributed by atoms with Crippen LogP contribution in [0.2, 0.25) is 0 Å². The van der Waals surface area contributed by atoms with Crippen LogP contribution in [0, 0.1) is 32.5 Å². The van der Waals surface area contributed by atoms with Crippen LogP contribution in [-0.2, 0) is 6.54 Å². The largest absolute Gasteiger partial charge is 0.503 e. The Balaban J connectivity index is 1.35. The lowest BCUT2D eigenvalue weighted by molar-refractivity contribution is 0.477. The maximum absolute atomic E-state index is 13.5. The Morgan fingerprint density at radius 1 is 1.08 bits per heavy atom. The number of aromatic nitrogens is 8. The van der Waals surface area contributed by atoms with Gasteiger partial charge in [0.1, 0.15) is 23.7 Å². The van der Waals surface area contributed by atoms with Gasteiger partial charge in [0.15, 0.2) is 17.4 Å². The Bertz CT molecular complexity index is 1600. The molecule has 4 aromatic heterocycles. The fourth-order valence-electron chi connectivity index (χ4n) is 4.28. The molecule has 11 nitrogen and oxygen atoms in total. The zero-order valence-corrected chi connectivity index (χ0v) is 20.5.